The van der Waals surface area contributed by atoms with E-state index in [4.69, 9.17) is 9.47 Å². The Morgan fingerprint density at radius 1 is 1.03 bits per heavy atom. The van der Waals surface area contributed by atoms with Gasteiger partial charge in [0.05, 0.1) is 13.2 Å². The van der Waals surface area contributed by atoms with Gasteiger partial charge in [0.2, 0.25) is 5.91 Å². The molecule has 1 aliphatic rings. The summed E-state index contributed by atoms with van der Waals surface area (Å²) < 4.78 is 10.8. The second-order valence-corrected chi connectivity index (χ2v) is 9.26. The molecule has 0 atom stereocenters. The minimum absolute atomic E-state index is 0.0129. The monoisotopic (exact) mass is 457 g/mol. The molecule has 5 nitrogen and oxygen atoms in total. The van der Waals surface area contributed by atoms with E-state index in [2.05, 4.69) is 12.2 Å². The van der Waals surface area contributed by atoms with Gasteiger partial charge in [-0.15, -0.1) is 11.3 Å². The van der Waals surface area contributed by atoms with Gasteiger partial charge in [-0.2, -0.15) is 0 Å². The van der Waals surface area contributed by atoms with E-state index in [0.717, 1.165) is 48.5 Å². The fraction of sp³-hybridized carbons (Fsp3) is 0.538. The van der Waals surface area contributed by atoms with Crippen LogP contribution in [0.25, 0.3) is 11.1 Å². The molecule has 0 radical (unpaired) electrons. The molecule has 3 rings (SSSR count). The van der Waals surface area contributed by atoms with Gasteiger partial charge in [-0.1, -0.05) is 38.3 Å². The maximum absolute atomic E-state index is 13.0. The van der Waals surface area contributed by atoms with Crippen LogP contribution in [-0.4, -0.2) is 25.1 Å². The van der Waals surface area contributed by atoms with Gasteiger partial charge >= 0.3 is 5.97 Å². The Kier molecular flexibility index (Phi) is 9.15. The third-order valence-electron chi connectivity index (χ3n) is 6.17. The van der Waals surface area contributed by atoms with E-state index < -0.39 is 5.97 Å². The molecular formula is C26H35NO4S. The molecule has 0 aliphatic heterocycles. The molecule has 1 fully saturated rings. The Bertz CT molecular complexity index is 882. The van der Waals surface area contributed by atoms with E-state index in [1.54, 1.807) is 6.92 Å². The summed E-state index contributed by atoms with van der Waals surface area (Å²) in [5.74, 6) is 1.16. The van der Waals surface area contributed by atoms with Crippen LogP contribution in [0.4, 0.5) is 5.00 Å². The minimum Gasteiger partial charge on any atom is -0.494 e. The average Bonchev–Trinajstić information content (AvgIpc) is 3.22. The van der Waals surface area contributed by atoms with Crippen molar-refractivity contribution in [1.29, 1.82) is 0 Å². The van der Waals surface area contributed by atoms with Gasteiger partial charge in [0, 0.05) is 16.9 Å². The summed E-state index contributed by atoms with van der Waals surface area (Å²) in [7, 11) is 0. The van der Waals surface area contributed by atoms with Crippen LogP contribution in [-0.2, 0) is 9.53 Å². The van der Waals surface area contributed by atoms with Crippen molar-refractivity contribution < 1.29 is 19.1 Å². The van der Waals surface area contributed by atoms with E-state index >= 15 is 0 Å². The maximum Gasteiger partial charge on any atom is 0.341 e. The SMILES string of the molecule is CCCCC1CCC(C(=O)Nc2scc(-c3ccc(OCC)cc3)c2C(=O)OCC)CC1. The predicted molar refractivity (Wildman–Crippen MR) is 130 cm³/mol. The fourth-order valence-electron chi connectivity index (χ4n) is 4.39. The summed E-state index contributed by atoms with van der Waals surface area (Å²) in [4.78, 5) is 25.8. The third-order valence-corrected chi connectivity index (χ3v) is 7.06. The van der Waals surface area contributed by atoms with Crippen molar-refractivity contribution in [3.05, 3.63) is 35.2 Å². The lowest BCUT2D eigenvalue weighted by atomic mass is 9.79. The molecule has 1 amide bonds. The number of carbonyl (C=O) groups is 2. The highest BCUT2D eigenvalue weighted by atomic mass is 32.1. The van der Waals surface area contributed by atoms with Crippen LogP contribution in [0.5, 0.6) is 5.75 Å². The molecule has 1 aromatic heterocycles. The largest absolute Gasteiger partial charge is 0.494 e. The first-order valence-corrected chi connectivity index (χ1v) is 12.8. The minimum atomic E-state index is -0.406. The molecule has 6 heteroatoms. The quantitative estimate of drug-likeness (QED) is 0.393. The number of rotatable bonds is 10. The normalized spacial score (nSPS) is 18.2. The fourth-order valence-corrected chi connectivity index (χ4v) is 5.35. The molecule has 0 saturated heterocycles. The molecule has 0 unspecified atom stereocenters. The lowest BCUT2D eigenvalue weighted by Gasteiger charge is -2.27. The van der Waals surface area contributed by atoms with E-state index in [1.165, 1.54) is 30.6 Å². The predicted octanol–water partition coefficient (Wildman–Crippen LogP) is 6.93. The van der Waals surface area contributed by atoms with Crippen molar-refractivity contribution in [3.8, 4) is 16.9 Å². The van der Waals surface area contributed by atoms with Gasteiger partial charge in [-0.05, 0) is 63.1 Å². The number of hydrogen-bond acceptors (Lipinski definition) is 5. The van der Waals surface area contributed by atoms with Gasteiger partial charge < -0.3 is 14.8 Å². The van der Waals surface area contributed by atoms with Crippen molar-refractivity contribution in [1.82, 2.24) is 0 Å². The van der Waals surface area contributed by atoms with Gasteiger partial charge in [-0.25, -0.2) is 4.79 Å². The van der Waals surface area contributed by atoms with Gasteiger partial charge in [0.1, 0.15) is 16.3 Å². The van der Waals surface area contributed by atoms with Gasteiger partial charge in [0.25, 0.3) is 0 Å². The molecule has 0 spiro atoms. The van der Waals surface area contributed by atoms with Crippen LogP contribution in [0, 0.1) is 11.8 Å². The first-order chi connectivity index (χ1) is 15.6. The average molecular weight is 458 g/mol. The third kappa shape index (κ3) is 6.12. The summed E-state index contributed by atoms with van der Waals surface area (Å²) in [5.41, 5.74) is 2.10. The van der Waals surface area contributed by atoms with E-state index in [0.29, 0.717) is 17.2 Å². The molecule has 1 aromatic carbocycles. The molecule has 32 heavy (non-hydrogen) atoms. The number of hydrogen-bond donors (Lipinski definition) is 1. The Balaban J connectivity index is 1.75. The lowest BCUT2D eigenvalue weighted by molar-refractivity contribution is -0.121. The van der Waals surface area contributed by atoms with Crippen LogP contribution < -0.4 is 10.1 Å². The Morgan fingerprint density at radius 2 is 1.75 bits per heavy atom. The van der Waals surface area contributed by atoms with E-state index in [1.807, 2.05) is 36.6 Å². The van der Waals surface area contributed by atoms with Crippen molar-refractivity contribution in [3.63, 3.8) is 0 Å². The molecule has 2 aromatic rings. The summed E-state index contributed by atoms with van der Waals surface area (Å²) in [6.07, 6.45) is 7.85. The van der Waals surface area contributed by atoms with Crippen molar-refractivity contribution in [2.24, 2.45) is 11.8 Å². The molecule has 1 saturated carbocycles. The van der Waals surface area contributed by atoms with E-state index in [9.17, 15) is 9.59 Å². The zero-order chi connectivity index (χ0) is 22.9. The van der Waals surface area contributed by atoms with E-state index in [-0.39, 0.29) is 18.4 Å². The number of esters is 1. The number of anilines is 1. The number of ether oxygens (including phenoxy) is 2. The number of thiophene rings is 1. The van der Waals surface area contributed by atoms with Crippen LogP contribution in [0.3, 0.4) is 0 Å². The highest BCUT2D eigenvalue weighted by Gasteiger charge is 2.28. The number of nitrogens with one attached hydrogen (secondary N) is 1. The maximum atomic E-state index is 13.0. The number of benzene rings is 1. The zero-order valence-corrected chi connectivity index (χ0v) is 20.3. The Hall–Kier alpha value is -2.34. The second-order valence-electron chi connectivity index (χ2n) is 8.38. The molecule has 1 heterocycles. The van der Waals surface area contributed by atoms with Crippen molar-refractivity contribution in [2.45, 2.75) is 65.7 Å². The molecule has 174 valence electrons. The van der Waals surface area contributed by atoms with Crippen molar-refractivity contribution in [2.75, 3.05) is 18.5 Å². The second kappa shape index (κ2) is 12.0. The summed E-state index contributed by atoms with van der Waals surface area (Å²) in [6.45, 7) is 6.84. The summed E-state index contributed by atoms with van der Waals surface area (Å²) >= 11 is 1.38. The molecule has 1 aliphatic carbocycles. The van der Waals surface area contributed by atoms with Crippen LogP contribution in [0.1, 0.15) is 76.1 Å². The molecule has 1 N–H and O–H groups in total. The number of unbranched alkanes of at least 4 members (excludes halogenated alkanes) is 1. The highest BCUT2D eigenvalue weighted by molar-refractivity contribution is 7.15. The molecule has 0 bridgehead atoms. The summed E-state index contributed by atoms with van der Waals surface area (Å²) in [6, 6.07) is 7.64. The van der Waals surface area contributed by atoms with Crippen LogP contribution >= 0.6 is 11.3 Å². The van der Waals surface area contributed by atoms with Crippen molar-refractivity contribution >= 4 is 28.2 Å². The first-order valence-electron chi connectivity index (χ1n) is 11.9. The van der Waals surface area contributed by atoms with Crippen LogP contribution in [0.2, 0.25) is 0 Å². The Morgan fingerprint density at radius 3 is 2.38 bits per heavy atom. The highest BCUT2D eigenvalue weighted by Crippen LogP contribution is 2.38. The Labute approximate surface area is 195 Å². The van der Waals surface area contributed by atoms with Gasteiger partial charge in [-0.3, -0.25) is 4.79 Å². The first kappa shape index (κ1) is 24.3. The number of amides is 1. The lowest BCUT2D eigenvalue weighted by Crippen LogP contribution is -2.27. The molecular weight excluding hydrogens is 422 g/mol. The zero-order valence-electron chi connectivity index (χ0n) is 19.4. The van der Waals surface area contributed by atoms with Gasteiger partial charge in [0.15, 0.2) is 0 Å². The standard InChI is InChI=1S/C26H35NO4S/c1-4-7-8-18-9-11-20(12-10-18)24(28)27-25-23(26(29)31-6-3)22(17-32-25)19-13-15-21(16-14-19)30-5-2/h13-18,20H,4-12H2,1-3H3,(H,27,28). The topological polar surface area (TPSA) is 64.6 Å². The smallest absolute Gasteiger partial charge is 0.341 e. The van der Waals surface area contributed by atoms with Crippen LogP contribution in [0.15, 0.2) is 29.6 Å². The summed E-state index contributed by atoms with van der Waals surface area (Å²) in [5, 5.41) is 5.54. The number of carbonyl (C=O) groups excluding carboxylic acids is 2.